The van der Waals surface area contributed by atoms with Crippen molar-refractivity contribution >= 4 is 29.4 Å². The number of hydrazine groups is 1. The summed E-state index contributed by atoms with van der Waals surface area (Å²) in [5.41, 5.74) is 3.07. The maximum atomic E-state index is 12.0. The summed E-state index contributed by atoms with van der Waals surface area (Å²) in [5.74, 6) is -1.80. The van der Waals surface area contributed by atoms with Gasteiger partial charge in [0.05, 0.1) is 24.1 Å². The number of amides is 2. The lowest BCUT2D eigenvalue weighted by molar-refractivity contribution is -0.143. The fourth-order valence-corrected chi connectivity index (χ4v) is 1.95. The Balaban J connectivity index is 2.22. The number of esters is 1. The van der Waals surface area contributed by atoms with Crippen LogP contribution >= 0.6 is 11.6 Å². The molecule has 0 saturated carbocycles. The number of imide groups is 1. The Labute approximate surface area is 114 Å². The highest BCUT2D eigenvalue weighted by Crippen LogP contribution is 2.21. The van der Waals surface area contributed by atoms with E-state index in [9.17, 15) is 14.4 Å². The van der Waals surface area contributed by atoms with E-state index in [2.05, 4.69) is 10.2 Å². The quantitative estimate of drug-likeness (QED) is 0.496. The van der Waals surface area contributed by atoms with E-state index in [1.165, 1.54) is 7.11 Å². The molecule has 0 bridgehead atoms. The molecule has 0 fully saturated rings. The number of rotatable bonds is 4. The van der Waals surface area contributed by atoms with Gasteiger partial charge in [0.2, 0.25) is 0 Å². The summed E-state index contributed by atoms with van der Waals surface area (Å²) < 4.78 is 4.53. The van der Waals surface area contributed by atoms with E-state index in [0.29, 0.717) is 0 Å². The number of hydrogen-bond acceptors (Lipinski definition) is 5. The van der Waals surface area contributed by atoms with Gasteiger partial charge in [0.1, 0.15) is 6.04 Å². The zero-order chi connectivity index (χ0) is 14.0. The first kappa shape index (κ1) is 13.5. The standard InChI is InChI=1S/C12H11ClN2O4/c1-19-12(18)9(6-13)14-15-10(16)7-4-2-3-5-8(7)11(15)17/h2-5,9,14H,6H2,1H3. The van der Waals surface area contributed by atoms with Crippen LogP contribution in [0.3, 0.4) is 0 Å². The topological polar surface area (TPSA) is 75.7 Å². The highest BCUT2D eigenvalue weighted by Gasteiger charge is 2.37. The molecule has 1 N–H and O–H groups in total. The number of fused-ring (bicyclic) bond motifs is 1. The monoisotopic (exact) mass is 282 g/mol. The van der Waals surface area contributed by atoms with Crippen LogP contribution < -0.4 is 5.43 Å². The van der Waals surface area contributed by atoms with Gasteiger partial charge in [-0.2, -0.15) is 0 Å². The molecule has 1 heterocycles. The second kappa shape index (κ2) is 5.38. The van der Waals surface area contributed by atoms with E-state index in [4.69, 9.17) is 11.6 Å². The molecular weight excluding hydrogens is 272 g/mol. The van der Waals surface area contributed by atoms with E-state index in [1.807, 2.05) is 0 Å². The molecule has 2 amide bonds. The highest BCUT2D eigenvalue weighted by atomic mass is 35.5. The molecule has 1 unspecified atom stereocenters. The number of benzene rings is 1. The van der Waals surface area contributed by atoms with Crippen molar-refractivity contribution in [2.24, 2.45) is 0 Å². The van der Waals surface area contributed by atoms with Crippen molar-refractivity contribution in [1.29, 1.82) is 0 Å². The minimum absolute atomic E-state index is 0.125. The fraction of sp³-hybridized carbons (Fsp3) is 0.250. The summed E-state index contributed by atoms with van der Waals surface area (Å²) in [6.07, 6.45) is 0. The van der Waals surface area contributed by atoms with Crippen LogP contribution in [0.4, 0.5) is 0 Å². The molecule has 0 aliphatic carbocycles. The Morgan fingerprint density at radius 1 is 1.32 bits per heavy atom. The van der Waals surface area contributed by atoms with Gasteiger partial charge in [-0.15, -0.1) is 11.6 Å². The molecular formula is C12H11ClN2O4. The lowest BCUT2D eigenvalue weighted by Crippen LogP contribution is -2.52. The maximum absolute atomic E-state index is 12.0. The van der Waals surface area contributed by atoms with E-state index >= 15 is 0 Å². The third-order valence-electron chi connectivity index (χ3n) is 2.72. The Hall–Kier alpha value is -1.92. The van der Waals surface area contributed by atoms with Crippen molar-refractivity contribution in [3.05, 3.63) is 35.4 Å². The van der Waals surface area contributed by atoms with Crippen LogP contribution in [0.2, 0.25) is 0 Å². The molecule has 19 heavy (non-hydrogen) atoms. The van der Waals surface area contributed by atoms with Gasteiger partial charge in [-0.1, -0.05) is 12.1 Å². The third-order valence-corrected chi connectivity index (χ3v) is 3.03. The average Bonchev–Trinajstić information content (AvgIpc) is 2.68. The zero-order valence-corrected chi connectivity index (χ0v) is 10.8. The van der Waals surface area contributed by atoms with Crippen molar-refractivity contribution in [3.8, 4) is 0 Å². The van der Waals surface area contributed by atoms with Gasteiger partial charge in [-0.05, 0) is 12.1 Å². The van der Waals surface area contributed by atoms with Crippen LogP contribution in [0.5, 0.6) is 0 Å². The number of methoxy groups -OCH3 is 1. The van der Waals surface area contributed by atoms with Crippen molar-refractivity contribution in [2.75, 3.05) is 13.0 Å². The Kier molecular flexibility index (Phi) is 3.82. The minimum Gasteiger partial charge on any atom is -0.468 e. The van der Waals surface area contributed by atoms with Crippen LogP contribution in [0, 0.1) is 0 Å². The van der Waals surface area contributed by atoms with Crippen molar-refractivity contribution in [1.82, 2.24) is 10.4 Å². The second-order valence-corrected chi connectivity index (χ2v) is 4.16. The number of nitrogens with zero attached hydrogens (tertiary/aromatic N) is 1. The molecule has 0 spiro atoms. The molecule has 7 heteroatoms. The predicted octanol–water partition coefficient (Wildman–Crippen LogP) is 0.568. The third kappa shape index (κ3) is 2.32. The molecule has 1 aromatic carbocycles. The van der Waals surface area contributed by atoms with Crippen molar-refractivity contribution in [2.45, 2.75) is 6.04 Å². The number of carbonyl (C=O) groups excluding carboxylic acids is 3. The predicted molar refractivity (Wildman–Crippen MR) is 66.6 cm³/mol. The molecule has 1 aromatic rings. The average molecular weight is 283 g/mol. The van der Waals surface area contributed by atoms with Gasteiger partial charge in [-0.3, -0.25) is 14.4 Å². The first-order valence-corrected chi connectivity index (χ1v) is 6.01. The number of hydrogen-bond donors (Lipinski definition) is 1. The summed E-state index contributed by atoms with van der Waals surface area (Å²) in [5, 5.41) is 0.786. The molecule has 0 radical (unpaired) electrons. The normalized spacial score (nSPS) is 15.4. The number of halogens is 1. The van der Waals surface area contributed by atoms with E-state index in [0.717, 1.165) is 5.01 Å². The minimum atomic E-state index is -0.964. The fourth-order valence-electron chi connectivity index (χ4n) is 1.75. The first-order chi connectivity index (χ1) is 9.10. The number of carbonyl (C=O) groups is 3. The first-order valence-electron chi connectivity index (χ1n) is 5.48. The SMILES string of the molecule is COC(=O)C(CCl)NN1C(=O)c2ccccc2C1=O. The molecule has 100 valence electrons. The van der Waals surface area contributed by atoms with Gasteiger partial charge < -0.3 is 4.74 Å². The van der Waals surface area contributed by atoms with Gasteiger partial charge in [0.15, 0.2) is 0 Å². The van der Waals surface area contributed by atoms with E-state index in [-0.39, 0.29) is 17.0 Å². The summed E-state index contributed by atoms with van der Waals surface area (Å²) in [6, 6.07) is 5.45. The van der Waals surface area contributed by atoms with Crippen LogP contribution in [-0.2, 0) is 9.53 Å². The van der Waals surface area contributed by atoms with Gasteiger partial charge >= 0.3 is 5.97 Å². The lowest BCUT2D eigenvalue weighted by atomic mass is 10.1. The molecule has 2 rings (SSSR count). The molecule has 0 saturated heterocycles. The molecule has 0 aromatic heterocycles. The molecule has 6 nitrogen and oxygen atoms in total. The zero-order valence-electron chi connectivity index (χ0n) is 10.1. The van der Waals surface area contributed by atoms with Crippen LogP contribution in [0.15, 0.2) is 24.3 Å². The summed E-state index contributed by atoms with van der Waals surface area (Å²) in [7, 11) is 1.20. The molecule has 1 atom stereocenters. The number of ether oxygens (including phenoxy) is 1. The van der Waals surface area contributed by atoms with E-state index < -0.39 is 23.8 Å². The Morgan fingerprint density at radius 3 is 2.26 bits per heavy atom. The maximum Gasteiger partial charge on any atom is 0.325 e. The highest BCUT2D eigenvalue weighted by molar-refractivity contribution is 6.21. The lowest BCUT2D eigenvalue weighted by Gasteiger charge is -2.20. The van der Waals surface area contributed by atoms with Crippen LogP contribution in [0.1, 0.15) is 20.7 Å². The molecule has 1 aliphatic heterocycles. The van der Waals surface area contributed by atoms with Gasteiger partial charge in [-0.25, -0.2) is 10.4 Å². The Bertz CT molecular complexity index is 511. The smallest absolute Gasteiger partial charge is 0.325 e. The van der Waals surface area contributed by atoms with Crippen molar-refractivity contribution < 1.29 is 19.1 Å². The van der Waals surface area contributed by atoms with Crippen molar-refractivity contribution in [3.63, 3.8) is 0 Å². The van der Waals surface area contributed by atoms with Gasteiger partial charge in [0.25, 0.3) is 11.8 Å². The van der Waals surface area contributed by atoms with Gasteiger partial charge in [0, 0.05) is 0 Å². The number of alkyl halides is 1. The van der Waals surface area contributed by atoms with Crippen LogP contribution in [-0.4, -0.2) is 41.8 Å². The number of nitrogens with one attached hydrogen (secondary N) is 1. The summed E-state index contributed by atoms with van der Waals surface area (Å²) in [6.45, 7) is 0. The van der Waals surface area contributed by atoms with E-state index in [1.54, 1.807) is 24.3 Å². The summed E-state index contributed by atoms with van der Waals surface area (Å²) >= 11 is 5.61. The second-order valence-electron chi connectivity index (χ2n) is 3.85. The molecule has 1 aliphatic rings. The summed E-state index contributed by atoms with van der Waals surface area (Å²) in [4.78, 5) is 35.4. The van der Waals surface area contributed by atoms with Crippen LogP contribution in [0.25, 0.3) is 0 Å². The largest absolute Gasteiger partial charge is 0.468 e. The Morgan fingerprint density at radius 2 is 1.84 bits per heavy atom.